The third-order valence-electron chi connectivity index (χ3n) is 6.06. The topological polar surface area (TPSA) is 75.7 Å². The van der Waals surface area contributed by atoms with Crippen molar-refractivity contribution in [1.29, 1.82) is 0 Å². The molecule has 1 fully saturated rings. The Morgan fingerprint density at radius 3 is 2.69 bits per heavy atom. The number of ether oxygens (including phenoxy) is 1. The molecule has 3 amide bonds. The number of hydrogen-bond acceptors (Lipinski definition) is 4. The van der Waals surface area contributed by atoms with Crippen molar-refractivity contribution in [3.8, 4) is 5.75 Å². The Bertz CT molecular complexity index is 1290. The summed E-state index contributed by atoms with van der Waals surface area (Å²) in [4.78, 5) is 38.7. The number of halogens is 1. The van der Waals surface area contributed by atoms with E-state index in [2.05, 4.69) is 5.32 Å². The van der Waals surface area contributed by atoms with E-state index in [1.165, 1.54) is 11.0 Å². The van der Waals surface area contributed by atoms with E-state index in [1.54, 1.807) is 18.2 Å². The first-order chi connectivity index (χ1) is 15.5. The van der Waals surface area contributed by atoms with Crippen molar-refractivity contribution in [3.63, 3.8) is 0 Å². The Morgan fingerprint density at radius 1 is 1.12 bits per heavy atom. The van der Waals surface area contributed by atoms with Gasteiger partial charge in [0.15, 0.2) is 0 Å². The number of piperidine rings is 1. The predicted molar refractivity (Wildman–Crippen MR) is 119 cm³/mol. The van der Waals surface area contributed by atoms with Crippen molar-refractivity contribution in [2.24, 2.45) is 0 Å². The summed E-state index contributed by atoms with van der Waals surface area (Å²) < 4.78 is 20.0. The van der Waals surface area contributed by atoms with Crippen LogP contribution in [0, 0.1) is 5.82 Å². The molecule has 0 radical (unpaired) electrons. The molecule has 0 aliphatic carbocycles. The maximum absolute atomic E-state index is 14.7. The van der Waals surface area contributed by atoms with Crippen LogP contribution in [0.25, 0.3) is 10.8 Å². The molecule has 164 valence electrons. The van der Waals surface area contributed by atoms with Crippen LogP contribution in [0.5, 0.6) is 5.75 Å². The van der Waals surface area contributed by atoms with Crippen LogP contribution in [0.1, 0.15) is 42.7 Å². The molecule has 6 nitrogen and oxygen atoms in total. The van der Waals surface area contributed by atoms with Crippen LogP contribution in [0.3, 0.4) is 0 Å². The van der Waals surface area contributed by atoms with E-state index in [0.717, 1.165) is 16.3 Å². The molecule has 5 rings (SSSR count). The minimum Gasteiger partial charge on any atom is -0.494 e. The lowest BCUT2D eigenvalue weighted by Gasteiger charge is -2.30. The van der Waals surface area contributed by atoms with E-state index < -0.39 is 11.9 Å². The van der Waals surface area contributed by atoms with E-state index in [9.17, 15) is 18.8 Å². The van der Waals surface area contributed by atoms with Crippen molar-refractivity contribution < 1.29 is 24.9 Å². The maximum atomic E-state index is 14.7. The third kappa shape index (κ3) is 3.21. The summed E-state index contributed by atoms with van der Waals surface area (Å²) >= 11 is 0. The molecule has 0 spiro atoms. The van der Waals surface area contributed by atoms with Crippen molar-refractivity contribution in [2.45, 2.75) is 32.2 Å². The average molecular weight is 434 g/mol. The molecular weight excluding hydrogens is 411 g/mol. The number of rotatable bonds is 5. The molecule has 0 saturated carbocycles. The normalized spacial score (nSPS) is 17.8. The van der Waals surface area contributed by atoms with Gasteiger partial charge in [-0.3, -0.25) is 24.6 Å². The molecular formula is C25H23FN2O4. The van der Waals surface area contributed by atoms with Gasteiger partial charge in [-0.25, -0.2) is 4.39 Å². The first-order valence-electron chi connectivity index (χ1n) is 10.6. The monoisotopic (exact) mass is 434 g/mol. The lowest BCUT2D eigenvalue weighted by Crippen LogP contribution is -2.53. The number of benzene rings is 3. The van der Waals surface area contributed by atoms with Gasteiger partial charge in [-0.2, -0.15) is 0 Å². The van der Waals surface area contributed by atoms with Gasteiger partial charge >= 0.3 is 0 Å². The Balaban J connectivity index is 0.00000259. The highest BCUT2D eigenvalue weighted by Gasteiger charge is 2.40. The predicted octanol–water partition coefficient (Wildman–Crippen LogP) is 3.98. The highest BCUT2D eigenvalue weighted by atomic mass is 19.1. The molecule has 0 bridgehead atoms. The molecule has 3 aromatic carbocycles. The minimum atomic E-state index is -0.731. The van der Waals surface area contributed by atoms with E-state index in [0.29, 0.717) is 35.6 Å². The quantitative estimate of drug-likeness (QED) is 0.617. The molecule has 1 unspecified atom stereocenters. The number of carbonyl (C=O) groups is 3. The van der Waals surface area contributed by atoms with Gasteiger partial charge in [0, 0.05) is 31.3 Å². The van der Waals surface area contributed by atoms with Crippen LogP contribution in [0.15, 0.2) is 48.5 Å². The maximum Gasteiger partial charge on any atom is 0.259 e. The van der Waals surface area contributed by atoms with Crippen molar-refractivity contribution in [3.05, 3.63) is 71.0 Å². The van der Waals surface area contributed by atoms with E-state index in [4.69, 9.17) is 4.74 Å². The van der Waals surface area contributed by atoms with E-state index >= 15 is 0 Å². The summed E-state index contributed by atoms with van der Waals surface area (Å²) in [5, 5.41) is 3.93. The highest BCUT2D eigenvalue weighted by molar-refractivity contribution is 6.27. The van der Waals surface area contributed by atoms with Crippen LogP contribution in [-0.4, -0.2) is 30.4 Å². The molecule has 3 aromatic rings. The van der Waals surface area contributed by atoms with Gasteiger partial charge in [0.2, 0.25) is 11.8 Å². The fraction of sp³-hybridized carbons (Fsp3) is 0.240. The number of hydrogen-bond donors (Lipinski definition) is 1. The van der Waals surface area contributed by atoms with Gasteiger partial charge in [-0.05, 0) is 48.1 Å². The van der Waals surface area contributed by atoms with Gasteiger partial charge in [0.05, 0.1) is 12.3 Å². The molecule has 1 N–H and O–H groups in total. The number of nitrogens with one attached hydrogen (secondary N) is 1. The Kier molecular flexibility index (Phi) is 4.89. The molecule has 1 saturated heterocycles. The van der Waals surface area contributed by atoms with Gasteiger partial charge in [-0.1, -0.05) is 24.3 Å². The second-order valence-electron chi connectivity index (χ2n) is 7.98. The van der Waals surface area contributed by atoms with Gasteiger partial charge in [0.1, 0.15) is 17.6 Å². The number of carbonyl (C=O) groups excluding carboxylic acids is 3. The largest absolute Gasteiger partial charge is 0.494 e. The summed E-state index contributed by atoms with van der Waals surface area (Å²) in [5.41, 5.74) is 2.56. The highest BCUT2D eigenvalue weighted by Crippen LogP contribution is 2.41. The zero-order valence-corrected chi connectivity index (χ0v) is 17.5. The summed E-state index contributed by atoms with van der Waals surface area (Å²) in [7, 11) is 0. The van der Waals surface area contributed by atoms with Crippen LogP contribution < -0.4 is 15.0 Å². The number of imide groups is 1. The lowest BCUT2D eigenvalue weighted by molar-refractivity contribution is -0.134. The van der Waals surface area contributed by atoms with Crippen molar-refractivity contribution in [2.75, 3.05) is 11.5 Å². The smallest absolute Gasteiger partial charge is 0.259 e. The molecule has 7 heteroatoms. The van der Waals surface area contributed by atoms with E-state index in [1.807, 2.05) is 31.2 Å². The summed E-state index contributed by atoms with van der Waals surface area (Å²) in [6.45, 7) is 2.31. The zero-order chi connectivity index (χ0) is 22.4. The molecule has 2 heterocycles. The van der Waals surface area contributed by atoms with Gasteiger partial charge in [0.25, 0.3) is 5.91 Å². The number of anilines is 1. The second kappa shape index (κ2) is 7.75. The van der Waals surface area contributed by atoms with Crippen LogP contribution in [0.2, 0.25) is 0 Å². The first kappa shape index (κ1) is 20.2. The van der Waals surface area contributed by atoms with Crippen LogP contribution in [-0.2, 0) is 16.0 Å². The molecule has 32 heavy (non-hydrogen) atoms. The Morgan fingerprint density at radius 2 is 1.94 bits per heavy atom. The first-order valence-corrected chi connectivity index (χ1v) is 10.6. The average Bonchev–Trinajstić information content (AvgIpc) is 3.05. The lowest BCUT2D eigenvalue weighted by atomic mass is 9.95. The standard InChI is InChI=1S/C25H21FN2O4.H2/c1-2-32-16-8-6-15(19(26)13-16)12-14-7-9-18-23-17(14)4-3-5-20(23)28(25(18)31)21-10-11-22(29)27-24(21)30;/h3-9,13,21H,2,10-12H2,1H3,(H,27,29,30);1H. The Labute approximate surface area is 185 Å². The third-order valence-corrected chi connectivity index (χ3v) is 6.06. The summed E-state index contributed by atoms with van der Waals surface area (Å²) in [6.07, 6.45) is 0.824. The fourth-order valence-corrected chi connectivity index (χ4v) is 4.59. The van der Waals surface area contributed by atoms with Crippen LogP contribution >= 0.6 is 0 Å². The second-order valence-corrected chi connectivity index (χ2v) is 7.98. The molecule has 0 aromatic heterocycles. The summed E-state index contributed by atoms with van der Waals surface area (Å²) in [5.74, 6) is -0.908. The zero-order valence-electron chi connectivity index (χ0n) is 17.5. The number of amides is 3. The fourth-order valence-electron chi connectivity index (χ4n) is 4.59. The SMILES string of the molecule is CCOc1ccc(Cc2ccc3c4c(cccc24)N(C2CCC(=O)NC2=O)C3=O)c(F)c1.[HH]. The number of nitrogens with zero attached hydrogens (tertiary/aromatic N) is 1. The minimum absolute atomic E-state index is 0. The van der Waals surface area contributed by atoms with Gasteiger partial charge in [-0.15, -0.1) is 0 Å². The van der Waals surface area contributed by atoms with E-state index in [-0.39, 0.29) is 31.9 Å². The molecule has 1 atom stereocenters. The van der Waals surface area contributed by atoms with Crippen LogP contribution in [0.4, 0.5) is 10.1 Å². The molecule has 2 aliphatic heterocycles. The summed E-state index contributed by atoms with van der Waals surface area (Å²) in [6, 6.07) is 13.2. The van der Waals surface area contributed by atoms with Crippen molar-refractivity contribution in [1.82, 2.24) is 5.32 Å². The molecule has 2 aliphatic rings. The van der Waals surface area contributed by atoms with Crippen molar-refractivity contribution >= 4 is 34.2 Å². The Hall–Kier alpha value is -3.74. The van der Waals surface area contributed by atoms with Gasteiger partial charge < -0.3 is 4.74 Å².